The number of nitro benzene ring substituents is 1. The number of likely N-dealkylation sites (N-methyl/N-ethyl adjacent to an activating group) is 1. The molecule has 1 heterocycles. The molecule has 2 aromatic carbocycles. The number of rotatable bonds is 5. The molecule has 0 aliphatic carbocycles. The molecule has 0 N–H and O–H groups in total. The quantitative estimate of drug-likeness (QED) is 0.467. The molecular weight excluding hydrogens is 336 g/mol. The van der Waals surface area contributed by atoms with E-state index in [1.165, 1.54) is 24.3 Å². The molecule has 0 atom stereocenters. The molecule has 0 aromatic heterocycles. The highest BCUT2D eigenvalue weighted by atomic mass is 16.7. The van der Waals surface area contributed by atoms with Crippen LogP contribution >= 0.6 is 0 Å². The third kappa shape index (κ3) is 3.66. The summed E-state index contributed by atoms with van der Waals surface area (Å²) in [5, 5.41) is 11.3. The lowest BCUT2D eigenvalue weighted by Gasteiger charge is -2.16. The molecule has 0 saturated heterocycles. The molecule has 0 fully saturated rings. The summed E-state index contributed by atoms with van der Waals surface area (Å²) in [6, 6.07) is 10.6. The smallest absolute Gasteiger partial charge is 0.280 e. The van der Waals surface area contributed by atoms with E-state index >= 15 is 0 Å². The van der Waals surface area contributed by atoms with Crippen LogP contribution in [-0.4, -0.2) is 29.6 Å². The van der Waals surface area contributed by atoms with E-state index in [-0.39, 0.29) is 24.0 Å². The SMILES string of the molecule is Cc1ccccc1CN(C)C(=O)/C=C/c1cc2c(cc1[N+](=O)[O-])OCO2. The summed E-state index contributed by atoms with van der Waals surface area (Å²) in [5.41, 5.74) is 2.30. The second-order valence-corrected chi connectivity index (χ2v) is 5.98. The minimum Gasteiger partial charge on any atom is -0.454 e. The number of hydrogen-bond donors (Lipinski definition) is 0. The van der Waals surface area contributed by atoms with Gasteiger partial charge in [-0.05, 0) is 30.2 Å². The second-order valence-electron chi connectivity index (χ2n) is 5.98. The van der Waals surface area contributed by atoms with Crippen molar-refractivity contribution < 1.29 is 19.2 Å². The number of carbonyl (C=O) groups excluding carboxylic acids is 1. The molecule has 1 amide bonds. The fraction of sp³-hybridized carbons (Fsp3) is 0.211. The van der Waals surface area contributed by atoms with Crippen LogP contribution in [0.3, 0.4) is 0 Å². The summed E-state index contributed by atoms with van der Waals surface area (Å²) in [5.74, 6) is 0.507. The zero-order valence-electron chi connectivity index (χ0n) is 14.5. The first-order chi connectivity index (χ1) is 12.5. The largest absolute Gasteiger partial charge is 0.454 e. The Morgan fingerprint density at radius 1 is 1.27 bits per heavy atom. The van der Waals surface area contributed by atoms with Gasteiger partial charge in [-0.1, -0.05) is 24.3 Å². The summed E-state index contributed by atoms with van der Waals surface area (Å²) in [4.78, 5) is 24.7. The standard InChI is InChI=1S/C19H18N2O5/c1-13-5-3-4-6-15(13)11-20(2)19(22)8-7-14-9-17-18(26-12-25-17)10-16(14)21(23)24/h3-10H,11-12H2,1-2H3/b8-7+. The van der Waals surface area contributed by atoms with E-state index in [2.05, 4.69) is 0 Å². The van der Waals surface area contributed by atoms with E-state index < -0.39 is 4.92 Å². The third-order valence-electron chi connectivity index (χ3n) is 4.17. The Hall–Kier alpha value is -3.35. The average Bonchev–Trinajstić information content (AvgIpc) is 3.08. The highest BCUT2D eigenvalue weighted by Crippen LogP contribution is 2.38. The van der Waals surface area contributed by atoms with Crippen LogP contribution in [0.4, 0.5) is 5.69 Å². The highest BCUT2D eigenvalue weighted by Gasteiger charge is 2.22. The highest BCUT2D eigenvalue weighted by molar-refractivity contribution is 5.92. The molecule has 0 radical (unpaired) electrons. The van der Waals surface area contributed by atoms with Gasteiger partial charge in [-0.15, -0.1) is 0 Å². The van der Waals surface area contributed by atoms with Gasteiger partial charge >= 0.3 is 0 Å². The predicted octanol–water partition coefficient (Wildman–Crippen LogP) is 3.30. The molecule has 1 aliphatic rings. The van der Waals surface area contributed by atoms with Gasteiger partial charge in [0, 0.05) is 19.7 Å². The van der Waals surface area contributed by atoms with Gasteiger partial charge < -0.3 is 14.4 Å². The van der Waals surface area contributed by atoms with Gasteiger partial charge in [-0.2, -0.15) is 0 Å². The van der Waals surface area contributed by atoms with Crippen LogP contribution in [0.2, 0.25) is 0 Å². The number of amides is 1. The normalized spacial score (nSPS) is 12.4. The number of nitrogens with zero attached hydrogens (tertiary/aromatic N) is 2. The van der Waals surface area contributed by atoms with Crippen molar-refractivity contribution in [3.8, 4) is 11.5 Å². The summed E-state index contributed by atoms with van der Waals surface area (Å²) in [6.45, 7) is 2.47. The predicted molar refractivity (Wildman–Crippen MR) is 95.9 cm³/mol. The zero-order chi connectivity index (χ0) is 18.7. The maximum Gasteiger partial charge on any atom is 0.280 e. The topological polar surface area (TPSA) is 81.9 Å². The Labute approximate surface area is 150 Å². The van der Waals surface area contributed by atoms with E-state index in [1.54, 1.807) is 11.9 Å². The second kappa shape index (κ2) is 7.26. The number of nitro groups is 1. The summed E-state index contributed by atoms with van der Waals surface area (Å²) < 4.78 is 10.4. The lowest BCUT2D eigenvalue weighted by atomic mass is 10.1. The van der Waals surface area contributed by atoms with Gasteiger partial charge in [0.15, 0.2) is 11.5 Å². The van der Waals surface area contributed by atoms with Gasteiger partial charge in [0.05, 0.1) is 16.6 Å². The van der Waals surface area contributed by atoms with Crippen LogP contribution in [0, 0.1) is 17.0 Å². The summed E-state index contributed by atoms with van der Waals surface area (Å²) in [6.07, 6.45) is 2.75. The van der Waals surface area contributed by atoms with Crippen molar-refractivity contribution in [3.05, 3.63) is 69.3 Å². The molecule has 26 heavy (non-hydrogen) atoms. The maximum absolute atomic E-state index is 12.4. The Morgan fingerprint density at radius 2 is 1.96 bits per heavy atom. The summed E-state index contributed by atoms with van der Waals surface area (Å²) >= 11 is 0. The molecule has 0 spiro atoms. The fourth-order valence-electron chi connectivity index (χ4n) is 2.65. The van der Waals surface area contributed by atoms with Crippen molar-refractivity contribution in [2.45, 2.75) is 13.5 Å². The molecule has 1 aliphatic heterocycles. The van der Waals surface area contributed by atoms with E-state index in [0.29, 0.717) is 18.0 Å². The van der Waals surface area contributed by atoms with Crippen LogP contribution < -0.4 is 9.47 Å². The fourth-order valence-corrected chi connectivity index (χ4v) is 2.65. The first-order valence-corrected chi connectivity index (χ1v) is 8.01. The number of fused-ring (bicyclic) bond motifs is 1. The molecule has 7 nitrogen and oxygen atoms in total. The number of benzene rings is 2. The van der Waals surface area contributed by atoms with Crippen LogP contribution in [0.25, 0.3) is 6.08 Å². The number of aryl methyl sites for hydroxylation is 1. The number of hydrogen-bond acceptors (Lipinski definition) is 5. The van der Waals surface area contributed by atoms with Crippen LogP contribution in [0.15, 0.2) is 42.5 Å². The van der Waals surface area contributed by atoms with Gasteiger partial charge in [0.25, 0.3) is 5.69 Å². The monoisotopic (exact) mass is 354 g/mol. The van der Waals surface area contributed by atoms with Crippen molar-refractivity contribution >= 4 is 17.7 Å². The Balaban J connectivity index is 1.78. The number of ether oxygens (including phenoxy) is 2. The molecule has 2 aromatic rings. The van der Waals surface area contributed by atoms with Gasteiger partial charge in [-0.3, -0.25) is 14.9 Å². The lowest BCUT2D eigenvalue weighted by Crippen LogP contribution is -2.24. The van der Waals surface area contributed by atoms with Gasteiger partial charge in [0.1, 0.15) is 0 Å². The zero-order valence-corrected chi connectivity index (χ0v) is 14.5. The van der Waals surface area contributed by atoms with Crippen molar-refractivity contribution in [2.24, 2.45) is 0 Å². The van der Waals surface area contributed by atoms with Gasteiger partial charge in [0.2, 0.25) is 12.7 Å². The molecule has 0 saturated carbocycles. The minimum absolute atomic E-state index is 0.0255. The molecule has 134 valence electrons. The summed E-state index contributed by atoms with van der Waals surface area (Å²) in [7, 11) is 1.69. The first kappa shape index (κ1) is 17.5. The van der Waals surface area contributed by atoms with Crippen LogP contribution in [-0.2, 0) is 11.3 Å². The van der Waals surface area contributed by atoms with E-state index in [0.717, 1.165) is 11.1 Å². The van der Waals surface area contributed by atoms with E-state index in [4.69, 9.17) is 9.47 Å². The molecular formula is C19H18N2O5. The van der Waals surface area contributed by atoms with Crippen molar-refractivity contribution in [2.75, 3.05) is 13.8 Å². The first-order valence-electron chi connectivity index (χ1n) is 8.01. The van der Waals surface area contributed by atoms with Crippen molar-refractivity contribution in [1.82, 2.24) is 4.90 Å². The Kier molecular flexibility index (Phi) is 4.88. The number of carbonyl (C=O) groups is 1. The molecule has 3 rings (SSSR count). The Morgan fingerprint density at radius 3 is 2.65 bits per heavy atom. The molecule has 0 bridgehead atoms. The molecule has 0 unspecified atom stereocenters. The van der Waals surface area contributed by atoms with Crippen LogP contribution in [0.1, 0.15) is 16.7 Å². The van der Waals surface area contributed by atoms with E-state index in [1.807, 2.05) is 31.2 Å². The van der Waals surface area contributed by atoms with Crippen molar-refractivity contribution in [1.29, 1.82) is 0 Å². The maximum atomic E-state index is 12.4. The Bertz CT molecular complexity index is 891. The average molecular weight is 354 g/mol. The minimum atomic E-state index is -0.511. The van der Waals surface area contributed by atoms with Crippen molar-refractivity contribution in [3.63, 3.8) is 0 Å². The third-order valence-corrected chi connectivity index (χ3v) is 4.17. The van der Waals surface area contributed by atoms with Gasteiger partial charge in [-0.25, -0.2) is 0 Å². The van der Waals surface area contributed by atoms with Crippen LogP contribution in [0.5, 0.6) is 11.5 Å². The molecule has 7 heteroatoms. The van der Waals surface area contributed by atoms with E-state index in [9.17, 15) is 14.9 Å². The lowest BCUT2D eigenvalue weighted by molar-refractivity contribution is -0.385.